The molecule has 7 nitrogen and oxygen atoms in total. The monoisotopic (exact) mass is 374 g/mol. The van der Waals surface area contributed by atoms with E-state index in [0.29, 0.717) is 31.7 Å². The minimum Gasteiger partial charge on any atom is -0.497 e. The second-order valence-electron chi connectivity index (χ2n) is 6.76. The maximum atomic E-state index is 12.2. The molecular formula is C20H30N4O3. The SMILES string of the molecule is CCCc1noc(CCCC(=O)NCC(c2ccc(OC)cc2)N(C)C)n1. The Kier molecular flexibility index (Phi) is 8.26. The van der Waals surface area contributed by atoms with Crippen LogP contribution in [0.3, 0.4) is 0 Å². The average Bonchev–Trinajstić information content (AvgIpc) is 3.10. The molecule has 1 unspecified atom stereocenters. The van der Waals surface area contributed by atoms with Crippen LogP contribution in [0.25, 0.3) is 0 Å². The van der Waals surface area contributed by atoms with Gasteiger partial charge in [-0.25, -0.2) is 0 Å². The molecule has 0 saturated heterocycles. The fraction of sp³-hybridized carbons (Fsp3) is 0.550. The number of likely N-dealkylation sites (N-methyl/N-ethyl adjacent to an activating group) is 1. The summed E-state index contributed by atoms with van der Waals surface area (Å²) >= 11 is 0. The summed E-state index contributed by atoms with van der Waals surface area (Å²) in [5.41, 5.74) is 1.13. The summed E-state index contributed by atoms with van der Waals surface area (Å²) in [4.78, 5) is 18.6. The van der Waals surface area contributed by atoms with Gasteiger partial charge in [-0.2, -0.15) is 4.98 Å². The van der Waals surface area contributed by atoms with Crippen molar-refractivity contribution in [2.75, 3.05) is 27.7 Å². The van der Waals surface area contributed by atoms with Crippen LogP contribution in [0.2, 0.25) is 0 Å². The minimum absolute atomic E-state index is 0.0312. The third kappa shape index (κ3) is 6.67. The number of rotatable bonds is 11. The molecule has 0 aliphatic rings. The van der Waals surface area contributed by atoms with Gasteiger partial charge in [0.25, 0.3) is 0 Å². The van der Waals surface area contributed by atoms with Crippen molar-refractivity contribution < 1.29 is 14.1 Å². The first-order valence-electron chi connectivity index (χ1n) is 9.42. The van der Waals surface area contributed by atoms with Crippen LogP contribution >= 0.6 is 0 Å². The van der Waals surface area contributed by atoms with Gasteiger partial charge in [-0.3, -0.25) is 4.79 Å². The number of nitrogens with zero attached hydrogens (tertiary/aromatic N) is 3. The van der Waals surface area contributed by atoms with Gasteiger partial charge in [-0.15, -0.1) is 0 Å². The number of ether oxygens (including phenoxy) is 1. The molecule has 148 valence electrons. The van der Waals surface area contributed by atoms with Crippen LogP contribution in [-0.2, 0) is 17.6 Å². The first-order valence-corrected chi connectivity index (χ1v) is 9.42. The van der Waals surface area contributed by atoms with Gasteiger partial charge < -0.3 is 19.5 Å². The lowest BCUT2D eigenvalue weighted by molar-refractivity contribution is -0.121. The normalized spacial score (nSPS) is 12.2. The molecule has 0 saturated carbocycles. The Morgan fingerprint density at radius 3 is 2.63 bits per heavy atom. The van der Waals surface area contributed by atoms with Crippen molar-refractivity contribution in [1.82, 2.24) is 20.4 Å². The van der Waals surface area contributed by atoms with E-state index in [4.69, 9.17) is 9.26 Å². The van der Waals surface area contributed by atoms with Gasteiger partial charge >= 0.3 is 0 Å². The van der Waals surface area contributed by atoms with E-state index in [0.717, 1.165) is 30.0 Å². The molecular weight excluding hydrogens is 344 g/mol. The van der Waals surface area contributed by atoms with Gasteiger partial charge in [-0.05, 0) is 44.6 Å². The summed E-state index contributed by atoms with van der Waals surface area (Å²) in [5, 5.41) is 6.95. The Morgan fingerprint density at radius 1 is 1.26 bits per heavy atom. The number of hydrogen-bond acceptors (Lipinski definition) is 6. The third-order valence-electron chi connectivity index (χ3n) is 4.39. The van der Waals surface area contributed by atoms with Crippen LogP contribution in [-0.4, -0.2) is 48.7 Å². The summed E-state index contributed by atoms with van der Waals surface area (Å²) in [5.74, 6) is 2.20. The van der Waals surface area contributed by atoms with Crippen molar-refractivity contribution in [3.05, 3.63) is 41.5 Å². The number of aryl methyl sites for hydroxylation is 2. The predicted molar refractivity (Wildman–Crippen MR) is 104 cm³/mol. The van der Waals surface area contributed by atoms with Gasteiger partial charge in [0.15, 0.2) is 5.82 Å². The van der Waals surface area contributed by atoms with Gasteiger partial charge in [0.1, 0.15) is 5.75 Å². The van der Waals surface area contributed by atoms with E-state index < -0.39 is 0 Å². The molecule has 2 aromatic rings. The topological polar surface area (TPSA) is 80.5 Å². The average molecular weight is 374 g/mol. The first kappa shape index (κ1) is 20.9. The van der Waals surface area contributed by atoms with Crippen LogP contribution in [0.5, 0.6) is 5.75 Å². The summed E-state index contributed by atoms with van der Waals surface area (Å²) in [7, 11) is 5.66. The zero-order valence-electron chi connectivity index (χ0n) is 16.7. The molecule has 1 N–H and O–H groups in total. The Hall–Kier alpha value is -2.41. The van der Waals surface area contributed by atoms with Crippen LogP contribution in [0, 0.1) is 0 Å². The van der Waals surface area contributed by atoms with Gasteiger partial charge in [0.2, 0.25) is 11.8 Å². The van der Waals surface area contributed by atoms with Crippen molar-refractivity contribution in [1.29, 1.82) is 0 Å². The summed E-state index contributed by atoms with van der Waals surface area (Å²) in [6.07, 6.45) is 3.56. The van der Waals surface area contributed by atoms with E-state index in [2.05, 4.69) is 27.3 Å². The largest absolute Gasteiger partial charge is 0.497 e. The van der Waals surface area contributed by atoms with Crippen molar-refractivity contribution in [2.24, 2.45) is 0 Å². The predicted octanol–water partition coefficient (Wildman–Crippen LogP) is 2.77. The zero-order chi connectivity index (χ0) is 19.6. The molecule has 2 rings (SSSR count). The minimum atomic E-state index is 0.0312. The number of hydrogen-bond donors (Lipinski definition) is 1. The Bertz CT molecular complexity index is 698. The van der Waals surface area contributed by atoms with E-state index in [9.17, 15) is 4.79 Å². The molecule has 0 bridgehead atoms. The lowest BCUT2D eigenvalue weighted by Gasteiger charge is -2.25. The molecule has 1 heterocycles. The van der Waals surface area contributed by atoms with E-state index >= 15 is 0 Å². The van der Waals surface area contributed by atoms with E-state index in [1.165, 1.54) is 0 Å². The highest BCUT2D eigenvalue weighted by Crippen LogP contribution is 2.20. The smallest absolute Gasteiger partial charge is 0.226 e. The van der Waals surface area contributed by atoms with Crippen LogP contribution in [0.15, 0.2) is 28.8 Å². The maximum absolute atomic E-state index is 12.2. The Morgan fingerprint density at radius 2 is 2.00 bits per heavy atom. The van der Waals surface area contributed by atoms with Gasteiger partial charge in [-0.1, -0.05) is 24.2 Å². The molecule has 1 atom stereocenters. The Balaban J connectivity index is 1.77. The molecule has 7 heteroatoms. The number of carbonyl (C=O) groups is 1. The van der Waals surface area contributed by atoms with E-state index in [-0.39, 0.29) is 11.9 Å². The number of methoxy groups -OCH3 is 1. The number of nitrogens with one attached hydrogen (secondary N) is 1. The highest BCUT2D eigenvalue weighted by Gasteiger charge is 2.15. The molecule has 1 aromatic carbocycles. The first-order chi connectivity index (χ1) is 13.0. The number of carbonyl (C=O) groups excluding carboxylic acids is 1. The number of aromatic nitrogens is 2. The molecule has 0 radical (unpaired) electrons. The van der Waals surface area contributed by atoms with Crippen molar-refractivity contribution in [2.45, 2.75) is 45.1 Å². The van der Waals surface area contributed by atoms with Crippen molar-refractivity contribution >= 4 is 5.91 Å². The third-order valence-corrected chi connectivity index (χ3v) is 4.39. The van der Waals surface area contributed by atoms with E-state index in [1.807, 2.05) is 38.4 Å². The molecule has 1 aromatic heterocycles. The molecule has 27 heavy (non-hydrogen) atoms. The zero-order valence-corrected chi connectivity index (χ0v) is 16.7. The van der Waals surface area contributed by atoms with Crippen LogP contribution in [0.1, 0.15) is 49.5 Å². The van der Waals surface area contributed by atoms with E-state index in [1.54, 1.807) is 7.11 Å². The van der Waals surface area contributed by atoms with Crippen molar-refractivity contribution in [3.63, 3.8) is 0 Å². The second-order valence-corrected chi connectivity index (χ2v) is 6.76. The second kappa shape index (κ2) is 10.7. The van der Waals surface area contributed by atoms with Gasteiger partial charge in [0, 0.05) is 25.8 Å². The Labute approximate surface area is 161 Å². The molecule has 0 aliphatic heterocycles. The quantitative estimate of drug-likeness (QED) is 0.651. The molecule has 0 aliphatic carbocycles. The summed E-state index contributed by atoms with van der Waals surface area (Å²) < 4.78 is 10.4. The fourth-order valence-electron chi connectivity index (χ4n) is 2.84. The van der Waals surface area contributed by atoms with Gasteiger partial charge in [0.05, 0.1) is 13.2 Å². The number of amides is 1. The lowest BCUT2D eigenvalue weighted by Crippen LogP contribution is -2.34. The van der Waals surface area contributed by atoms with Crippen molar-refractivity contribution in [3.8, 4) is 5.75 Å². The summed E-state index contributed by atoms with van der Waals surface area (Å²) in [6, 6.07) is 8.03. The van der Waals surface area contributed by atoms with Crippen LogP contribution in [0.4, 0.5) is 0 Å². The standard InChI is InChI=1S/C20H30N4O3/c1-5-7-18-22-20(27-23-18)9-6-8-19(25)21-14-17(24(2)3)15-10-12-16(26-4)13-11-15/h10-13,17H,5-9,14H2,1-4H3,(H,21,25). The molecule has 0 fully saturated rings. The number of benzene rings is 1. The highest BCUT2D eigenvalue weighted by atomic mass is 16.5. The lowest BCUT2D eigenvalue weighted by atomic mass is 10.1. The molecule has 0 spiro atoms. The maximum Gasteiger partial charge on any atom is 0.226 e. The highest BCUT2D eigenvalue weighted by molar-refractivity contribution is 5.75. The van der Waals surface area contributed by atoms with Crippen LogP contribution < -0.4 is 10.1 Å². The summed E-state index contributed by atoms with van der Waals surface area (Å²) in [6.45, 7) is 2.63. The fourth-order valence-corrected chi connectivity index (χ4v) is 2.84. The molecule has 1 amide bonds.